The minimum Gasteiger partial charge on any atom is -0.493 e. The number of hydrogen-bond acceptors (Lipinski definition) is 4. The maximum atomic E-state index is 11.6. The zero-order valence-electron chi connectivity index (χ0n) is 12.0. The zero-order chi connectivity index (χ0) is 14.0. The highest BCUT2D eigenvalue weighted by molar-refractivity contribution is 5.96. The molecule has 0 aromatic rings. The van der Waals surface area contributed by atoms with Gasteiger partial charge in [0.2, 0.25) is 0 Å². The van der Waals surface area contributed by atoms with Gasteiger partial charge in [0.25, 0.3) is 0 Å². The SMILES string of the molecule is CC(=O)C1=C(OCC2=C(C)ONC2(C)C)CCC=C1. The zero-order valence-corrected chi connectivity index (χ0v) is 12.0. The van der Waals surface area contributed by atoms with E-state index in [2.05, 4.69) is 5.48 Å². The average Bonchev–Trinajstić information content (AvgIpc) is 2.61. The Kier molecular flexibility index (Phi) is 3.80. The third kappa shape index (κ3) is 2.89. The number of ketones is 1. The highest BCUT2D eigenvalue weighted by Crippen LogP contribution is 2.29. The summed E-state index contributed by atoms with van der Waals surface area (Å²) in [6, 6.07) is 0. The van der Waals surface area contributed by atoms with Crippen LogP contribution in [0.5, 0.6) is 0 Å². The predicted molar refractivity (Wildman–Crippen MR) is 73.0 cm³/mol. The van der Waals surface area contributed by atoms with Crippen molar-refractivity contribution in [2.24, 2.45) is 0 Å². The summed E-state index contributed by atoms with van der Waals surface area (Å²) in [5.74, 6) is 1.69. The molecule has 2 rings (SSSR count). The second-order valence-electron chi connectivity index (χ2n) is 5.49. The normalized spacial score (nSPS) is 21.7. The number of Topliss-reactive ketones (excluding diaryl/α,β-unsaturated/α-hetero) is 1. The van der Waals surface area contributed by atoms with Crippen molar-refractivity contribution in [1.82, 2.24) is 5.48 Å². The lowest BCUT2D eigenvalue weighted by Gasteiger charge is -2.22. The van der Waals surface area contributed by atoms with Crippen LogP contribution in [-0.4, -0.2) is 17.9 Å². The van der Waals surface area contributed by atoms with Gasteiger partial charge in [0.05, 0.1) is 11.1 Å². The monoisotopic (exact) mass is 263 g/mol. The molecule has 0 atom stereocenters. The molecule has 0 radical (unpaired) electrons. The van der Waals surface area contributed by atoms with E-state index in [9.17, 15) is 4.79 Å². The molecule has 0 saturated carbocycles. The van der Waals surface area contributed by atoms with Gasteiger partial charge in [-0.3, -0.25) is 4.79 Å². The molecule has 1 N–H and O–H groups in total. The van der Waals surface area contributed by atoms with E-state index in [1.165, 1.54) is 0 Å². The van der Waals surface area contributed by atoms with Crippen molar-refractivity contribution < 1.29 is 14.4 Å². The maximum absolute atomic E-state index is 11.6. The van der Waals surface area contributed by atoms with E-state index in [1.54, 1.807) is 6.92 Å². The van der Waals surface area contributed by atoms with Crippen LogP contribution < -0.4 is 5.48 Å². The Hall–Kier alpha value is -1.55. The first-order valence-electron chi connectivity index (χ1n) is 6.59. The van der Waals surface area contributed by atoms with Gasteiger partial charge in [0, 0.05) is 12.0 Å². The van der Waals surface area contributed by atoms with Gasteiger partial charge >= 0.3 is 0 Å². The second kappa shape index (κ2) is 5.21. The number of hydroxylamine groups is 1. The van der Waals surface area contributed by atoms with Gasteiger partial charge in [0.15, 0.2) is 5.78 Å². The van der Waals surface area contributed by atoms with Gasteiger partial charge in [-0.15, -0.1) is 5.48 Å². The number of rotatable bonds is 4. The van der Waals surface area contributed by atoms with E-state index in [-0.39, 0.29) is 11.3 Å². The molecule has 2 aliphatic rings. The lowest BCUT2D eigenvalue weighted by atomic mass is 9.95. The van der Waals surface area contributed by atoms with Crippen LogP contribution in [0.2, 0.25) is 0 Å². The molecule has 0 bridgehead atoms. The van der Waals surface area contributed by atoms with Crippen molar-refractivity contribution in [3.8, 4) is 0 Å². The van der Waals surface area contributed by atoms with Crippen LogP contribution in [-0.2, 0) is 14.4 Å². The topological polar surface area (TPSA) is 47.6 Å². The van der Waals surface area contributed by atoms with Crippen molar-refractivity contribution in [1.29, 1.82) is 0 Å². The van der Waals surface area contributed by atoms with E-state index < -0.39 is 0 Å². The fraction of sp³-hybridized carbons (Fsp3) is 0.533. The molecule has 0 fully saturated rings. The van der Waals surface area contributed by atoms with E-state index in [0.29, 0.717) is 12.2 Å². The summed E-state index contributed by atoms with van der Waals surface area (Å²) >= 11 is 0. The quantitative estimate of drug-likeness (QED) is 0.847. The van der Waals surface area contributed by atoms with Crippen LogP contribution in [0.4, 0.5) is 0 Å². The highest BCUT2D eigenvalue weighted by atomic mass is 16.7. The Bertz CT molecular complexity index is 484. The minimum atomic E-state index is -0.231. The van der Waals surface area contributed by atoms with Crippen molar-refractivity contribution in [2.45, 2.75) is 46.1 Å². The molecule has 0 unspecified atom stereocenters. The number of carbonyl (C=O) groups is 1. The third-order valence-corrected chi connectivity index (χ3v) is 3.53. The van der Waals surface area contributed by atoms with Crippen molar-refractivity contribution >= 4 is 5.78 Å². The van der Waals surface area contributed by atoms with Crippen molar-refractivity contribution in [3.63, 3.8) is 0 Å². The largest absolute Gasteiger partial charge is 0.493 e. The molecule has 4 nitrogen and oxygen atoms in total. The number of allylic oxidation sites excluding steroid dienone is 5. The molecule has 1 aliphatic heterocycles. The van der Waals surface area contributed by atoms with Gasteiger partial charge < -0.3 is 9.57 Å². The lowest BCUT2D eigenvalue weighted by Crippen LogP contribution is -2.36. The summed E-state index contributed by atoms with van der Waals surface area (Å²) in [6.45, 7) is 8.03. The molecule has 0 aromatic heterocycles. The summed E-state index contributed by atoms with van der Waals surface area (Å²) in [4.78, 5) is 16.9. The fourth-order valence-electron chi connectivity index (χ4n) is 2.32. The van der Waals surface area contributed by atoms with Crippen molar-refractivity contribution in [3.05, 3.63) is 34.8 Å². The molecule has 1 heterocycles. The van der Waals surface area contributed by atoms with E-state index in [0.717, 1.165) is 29.9 Å². The first-order chi connectivity index (χ1) is 8.92. The molecule has 0 aromatic carbocycles. The summed E-state index contributed by atoms with van der Waals surface area (Å²) < 4.78 is 5.88. The van der Waals surface area contributed by atoms with Gasteiger partial charge in [-0.25, -0.2) is 0 Å². The standard InChI is InChI=1S/C15H21NO3/c1-10(17)12-7-5-6-8-14(12)18-9-13-11(2)19-16-15(13,3)4/h5,7,16H,6,8-9H2,1-4H3. The Morgan fingerprint density at radius 2 is 2.26 bits per heavy atom. The van der Waals surface area contributed by atoms with Crippen LogP contribution in [0.1, 0.15) is 40.5 Å². The highest BCUT2D eigenvalue weighted by Gasteiger charge is 2.33. The molecule has 0 spiro atoms. The Labute approximate surface area is 114 Å². The molecular weight excluding hydrogens is 242 g/mol. The Morgan fingerprint density at radius 1 is 1.53 bits per heavy atom. The van der Waals surface area contributed by atoms with E-state index in [4.69, 9.17) is 9.57 Å². The third-order valence-electron chi connectivity index (χ3n) is 3.53. The number of nitrogens with one attached hydrogen (secondary N) is 1. The Morgan fingerprint density at radius 3 is 2.84 bits per heavy atom. The molecule has 0 saturated heterocycles. The van der Waals surface area contributed by atoms with Crippen molar-refractivity contribution in [2.75, 3.05) is 6.61 Å². The number of ether oxygens (including phenoxy) is 1. The smallest absolute Gasteiger partial charge is 0.163 e. The van der Waals surface area contributed by atoms with Crippen LogP contribution in [0.25, 0.3) is 0 Å². The first-order valence-corrected chi connectivity index (χ1v) is 6.59. The second-order valence-corrected chi connectivity index (χ2v) is 5.49. The number of hydrogen-bond donors (Lipinski definition) is 1. The lowest BCUT2D eigenvalue weighted by molar-refractivity contribution is -0.113. The fourth-order valence-corrected chi connectivity index (χ4v) is 2.32. The summed E-state index contributed by atoms with van der Waals surface area (Å²) in [5, 5.41) is 0. The van der Waals surface area contributed by atoms with Crippen LogP contribution in [0.3, 0.4) is 0 Å². The van der Waals surface area contributed by atoms with Gasteiger partial charge in [-0.05, 0) is 34.1 Å². The predicted octanol–water partition coefficient (Wildman–Crippen LogP) is 2.78. The summed E-state index contributed by atoms with van der Waals surface area (Å²) in [5.41, 5.74) is 4.51. The van der Waals surface area contributed by atoms with E-state index in [1.807, 2.05) is 32.9 Å². The molecule has 19 heavy (non-hydrogen) atoms. The minimum absolute atomic E-state index is 0.0525. The molecule has 4 heteroatoms. The maximum Gasteiger partial charge on any atom is 0.163 e. The van der Waals surface area contributed by atoms with Crippen LogP contribution >= 0.6 is 0 Å². The average molecular weight is 263 g/mol. The molecule has 0 amide bonds. The van der Waals surface area contributed by atoms with Crippen LogP contribution in [0.15, 0.2) is 34.8 Å². The summed E-state index contributed by atoms with van der Waals surface area (Å²) in [7, 11) is 0. The molecule has 104 valence electrons. The molecule has 1 aliphatic carbocycles. The van der Waals surface area contributed by atoms with E-state index >= 15 is 0 Å². The Balaban J connectivity index is 2.12. The van der Waals surface area contributed by atoms with Gasteiger partial charge in [-0.2, -0.15) is 0 Å². The number of carbonyl (C=O) groups excluding carboxylic acids is 1. The van der Waals surface area contributed by atoms with Gasteiger partial charge in [0.1, 0.15) is 18.1 Å². The molecular formula is C15H21NO3. The summed E-state index contributed by atoms with van der Waals surface area (Å²) in [6.07, 6.45) is 5.57. The first kappa shape index (κ1) is 13.9. The van der Waals surface area contributed by atoms with Crippen LogP contribution in [0, 0.1) is 0 Å². The van der Waals surface area contributed by atoms with Gasteiger partial charge in [-0.1, -0.05) is 12.2 Å².